The van der Waals surface area contributed by atoms with Crippen LogP contribution in [0.15, 0.2) is 186 Å². The maximum atomic E-state index is 6.39. The second-order valence-electron chi connectivity index (χ2n) is 13.7. The van der Waals surface area contributed by atoms with Gasteiger partial charge < -0.3 is 4.42 Å². The summed E-state index contributed by atoms with van der Waals surface area (Å²) < 4.78 is 6.39. The molecule has 11 aromatic rings. The second-order valence-corrected chi connectivity index (χ2v) is 13.7. The minimum absolute atomic E-state index is 0.701. The van der Waals surface area contributed by atoms with Gasteiger partial charge in [-0.25, -0.2) is 9.97 Å². The van der Waals surface area contributed by atoms with Gasteiger partial charge in [0.05, 0.1) is 11.4 Å². The average Bonchev–Trinajstić information content (AvgIpc) is 3.61. The topological polar surface area (TPSA) is 38.9 Å². The van der Waals surface area contributed by atoms with Gasteiger partial charge in [-0.05, 0) is 84.5 Å². The predicted octanol–water partition coefficient (Wildman–Crippen LogP) is 13.7. The van der Waals surface area contributed by atoms with E-state index in [1.54, 1.807) is 0 Å². The van der Waals surface area contributed by atoms with Crippen molar-refractivity contribution in [3.8, 4) is 45.0 Å². The van der Waals surface area contributed by atoms with E-state index in [0.29, 0.717) is 5.82 Å². The molecule has 0 amide bonds. The molecule has 0 N–H and O–H groups in total. The zero-order valence-electron chi connectivity index (χ0n) is 28.6. The fraction of sp³-hybridized carbons (Fsp3) is 0. The van der Waals surface area contributed by atoms with Crippen LogP contribution in [0.4, 0.5) is 0 Å². The molecule has 0 aliphatic rings. The highest BCUT2D eigenvalue weighted by atomic mass is 16.3. The molecule has 0 unspecified atom stereocenters. The molecule has 3 nitrogen and oxygen atoms in total. The Morgan fingerprint density at radius 3 is 1.77 bits per heavy atom. The van der Waals surface area contributed by atoms with Crippen LogP contribution in [0.1, 0.15) is 0 Å². The Morgan fingerprint density at radius 1 is 0.321 bits per heavy atom. The molecule has 0 atom stereocenters. The third kappa shape index (κ3) is 4.82. The Labute approximate surface area is 305 Å². The fourth-order valence-corrected chi connectivity index (χ4v) is 8.09. The summed E-state index contributed by atoms with van der Waals surface area (Å²) >= 11 is 0. The zero-order valence-corrected chi connectivity index (χ0v) is 28.6. The molecule has 53 heavy (non-hydrogen) atoms. The van der Waals surface area contributed by atoms with Crippen molar-refractivity contribution in [3.05, 3.63) is 182 Å². The first-order valence-corrected chi connectivity index (χ1v) is 18.0. The minimum atomic E-state index is 0.701. The van der Waals surface area contributed by atoms with Gasteiger partial charge in [0.1, 0.15) is 11.2 Å². The molecule has 0 aliphatic carbocycles. The van der Waals surface area contributed by atoms with Crippen molar-refractivity contribution in [1.29, 1.82) is 0 Å². The number of benzene rings is 9. The van der Waals surface area contributed by atoms with Gasteiger partial charge in [-0.2, -0.15) is 0 Å². The Kier molecular flexibility index (Phi) is 6.55. The van der Waals surface area contributed by atoms with Crippen LogP contribution in [0.2, 0.25) is 0 Å². The van der Waals surface area contributed by atoms with E-state index in [-0.39, 0.29) is 0 Å². The summed E-state index contributed by atoms with van der Waals surface area (Å²) in [6, 6.07) is 64.4. The minimum Gasteiger partial charge on any atom is -0.456 e. The van der Waals surface area contributed by atoms with E-state index in [0.717, 1.165) is 55.8 Å². The van der Waals surface area contributed by atoms with Crippen LogP contribution in [-0.4, -0.2) is 9.97 Å². The molecule has 0 bridgehead atoms. The monoisotopic (exact) mass is 674 g/mol. The molecule has 2 aromatic heterocycles. The van der Waals surface area contributed by atoms with Crippen molar-refractivity contribution in [1.82, 2.24) is 9.97 Å². The smallest absolute Gasteiger partial charge is 0.160 e. The van der Waals surface area contributed by atoms with Gasteiger partial charge in [-0.3, -0.25) is 0 Å². The van der Waals surface area contributed by atoms with Gasteiger partial charge in [0, 0.05) is 27.5 Å². The summed E-state index contributed by atoms with van der Waals surface area (Å²) in [5.74, 6) is 0.701. The Hall–Kier alpha value is -7.10. The van der Waals surface area contributed by atoms with E-state index in [9.17, 15) is 0 Å². The first kappa shape index (κ1) is 29.6. The highest BCUT2D eigenvalue weighted by Crippen LogP contribution is 2.41. The first-order chi connectivity index (χ1) is 26.2. The van der Waals surface area contributed by atoms with Crippen LogP contribution in [0.5, 0.6) is 0 Å². The third-order valence-corrected chi connectivity index (χ3v) is 10.7. The molecule has 0 fully saturated rings. The van der Waals surface area contributed by atoms with E-state index in [2.05, 4.69) is 164 Å². The normalized spacial score (nSPS) is 11.8. The standard InChI is InChI=1S/C50H30N2O/c1-2-12-35(13-3-1)50-51-44(30-45(52-50)48-40-17-9-6-14-37(40)28-43-38-15-7-4-10-32(38)22-25-41(43)48)34-20-18-31(19-21-34)36-23-26-42-47(29-36)53-46-27-24-33-11-5-8-16-39(33)49(42)46/h1-30H. The molecule has 0 spiro atoms. The van der Waals surface area contributed by atoms with Gasteiger partial charge in [-0.1, -0.05) is 152 Å². The van der Waals surface area contributed by atoms with Crippen LogP contribution in [0.25, 0.3) is 110 Å². The zero-order chi connectivity index (χ0) is 34.9. The van der Waals surface area contributed by atoms with Crippen molar-refractivity contribution >= 4 is 65.0 Å². The lowest BCUT2D eigenvalue weighted by molar-refractivity contribution is 0.669. The quantitative estimate of drug-likeness (QED) is 0.138. The summed E-state index contributed by atoms with van der Waals surface area (Å²) in [6.07, 6.45) is 0. The van der Waals surface area contributed by atoms with Gasteiger partial charge in [0.2, 0.25) is 0 Å². The molecule has 11 rings (SSSR count). The molecule has 0 aliphatic heterocycles. The molecule has 246 valence electrons. The highest BCUT2D eigenvalue weighted by Gasteiger charge is 2.17. The van der Waals surface area contributed by atoms with E-state index >= 15 is 0 Å². The number of hydrogen-bond acceptors (Lipinski definition) is 3. The maximum absolute atomic E-state index is 6.39. The Balaban J connectivity index is 1.07. The molecular formula is C50H30N2O. The Bertz CT molecular complexity index is 3210. The molecule has 9 aromatic carbocycles. The third-order valence-electron chi connectivity index (χ3n) is 10.7. The number of aromatic nitrogens is 2. The lowest BCUT2D eigenvalue weighted by Crippen LogP contribution is -1.97. The van der Waals surface area contributed by atoms with Crippen molar-refractivity contribution < 1.29 is 4.42 Å². The molecule has 0 radical (unpaired) electrons. The summed E-state index contributed by atoms with van der Waals surface area (Å²) in [4.78, 5) is 10.5. The van der Waals surface area contributed by atoms with Crippen LogP contribution < -0.4 is 0 Å². The largest absolute Gasteiger partial charge is 0.456 e. The number of rotatable bonds is 4. The van der Waals surface area contributed by atoms with Gasteiger partial charge in [-0.15, -0.1) is 0 Å². The van der Waals surface area contributed by atoms with Crippen molar-refractivity contribution in [2.45, 2.75) is 0 Å². The summed E-state index contributed by atoms with van der Waals surface area (Å²) in [7, 11) is 0. The van der Waals surface area contributed by atoms with Crippen LogP contribution in [-0.2, 0) is 0 Å². The van der Waals surface area contributed by atoms with E-state index in [1.165, 1.54) is 48.5 Å². The predicted molar refractivity (Wildman–Crippen MR) is 221 cm³/mol. The maximum Gasteiger partial charge on any atom is 0.160 e. The van der Waals surface area contributed by atoms with Crippen molar-refractivity contribution in [3.63, 3.8) is 0 Å². The summed E-state index contributed by atoms with van der Waals surface area (Å²) in [6.45, 7) is 0. The number of fused-ring (bicyclic) bond motifs is 9. The van der Waals surface area contributed by atoms with E-state index < -0.39 is 0 Å². The molecular weight excluding hydrogens is 645 g/mol. The summed E-state index contributed by atoms with van der Waals surface area (Å²) in [5, 5.41) is 11.9. The molecule has 2 heterocycles. The van der Waals surface area contributed by atoms with Gasteiger partial charge in [0.25, 0.3) is 0 Å². The van der Waals surface area contributed by atoms with Gasteiger partial charge in [0.15, 0.2) is 5.82 Å². The van der Waals surface area contributed by atoms with Crippen molar-refractivity contribution in [2.24, 2.45) is 0 Å². The first-order valence-electron chi connectivity index (χ1n) is 18.0. The molecule has 0 saturated heterocycles. The number of hydrogen-bond donors (Lipinski definition) is 0. The molecule has 3 heteroatoms. The van der Waals surface area contributed by atoms with Gasteiger partial charge >= 0.3 is 0 Å². The van der Waals surface area contributed by atoms with Crippen LogP contribution >= 0.6 is 0 Å². The lowest BCUT2D eigenvalue weighted by Gasteiger charge is -2.15. The van der Waals surface area contributed by atoms with Crippen LogP contribution in [0, 0.1) is 0 Å². The van der Waals surface area contributed by atoms with E-state index in [4.69, 9.17) is 14.4 Å². The average molecular weight is 675 g/mol. The van der Waals surface area contributed by atoms with Crippen LogP contribution in [0.3, 0.4) is 0 Å². The number of nitrogens with zero attached hydrogens (tertiary/aromatic N) is 2. The highest BCUT2D eigenvalue weighted by molar-refractivity contribution is 6.20. The number of furan rings is 1. The lowest BCUT2D eigenvalue weighted by atomic mass is 9.91. The Morgan fingerprint density at radius 2 is 0.943 bits per heavy atom. The van der Waals surface area contributed by atoms with E-state index in [1.807, 2.05) is 18.2 Å². The SMILES string of the molecule is c1ccc(-c2nc(-c3ccc(-c4ccc5c(c4)oc4ccc6ccccc6c45)cc3)cc(-c3c4ccccc4cc4c3ccc3ccccc34)n2)cc1. The molecule has 0 saturated carbocycles. The summed E-state index contributed by atoms with van der Waals surface area (Å²) in [5.41, 5.74) is 8.93. The second kappa shape index (κ2) is 11.7. The van der Waals surface area contributed by atoms with Crippen molar-refractivity contribution in [2.75, 3.05) is 0 Å². The fourth-order valence-electron chi connectivity index (χ4n) is 8.09.